The Bertz CT molecular complexity index is 1060. The van der Waals surface area contributed by atoms with Crippen molar-refractivity contribution in [3.8, 4) is 5.75 Å². The number of hydrogen-bond acceptors (Lipinski definition) is 6. The molecule has 0 saturated heterocycles. The molecule has 0 unspecified atom stereocenters. The molecule has 1 aromatic carbocycles. The number of nitrogens with zero attached hydrogens (tertiary/aromatic N) is 3. The number of hydrogen-bond donors (Lipinski definition) is 1. The molecule has 1 fully saturated rings. The Labute approximate surface area is 192 Å². The molecular formula is C25H28N4O4. The topological polar surface area (TPSA) is 97.6 Å². The Morgan fingerprint density at radius 3 is 2.67 bits per heavy atom. The molecule has 1 N–H and O–H groups in total. The van der Waals surface area contributed by atoms with Gasteiger partial charge in [0.1, 0.15) is 5.75 Å². The van der Waals surface area contributed by atoms with Crippen LogP contribution in [0.25, 0.3) is 0 Å². The second-order valence-corrected chi connectivity index (χ2v) is 8.15. The standard InChI is InChI=1S/C25H28N4O4/c1-32-21-10-8-18(9-11-21)12-14-27-24(30)23-15-22(33-28-23)17-29(20-6-2-3-7-20)25(31)19-5-4-13-26-16-19/h4-5,8-11,13,15-16,20H,2-3,6-7,12,14,17H2,1H3,(H,27,30). The van der Waals surface area contributed by atoms with Gasteiger partial charge in [-0.15, -0.1) is 0 Å². The second kappa shape index (κ2) is 10.8. The third-order valence-corrected chi connectivity index (χ3v) is 5.91. The molecule has 8 nitrogen and oxygen atoms in total. The van der Waals surface area contributed by atoms with Crippen LogP contribution in [0.2, 0.25) is 0 Å². The van der Waals surface area contributed by atoms with Crippen molar-refractivity contribution >= 4 is 11.8 Å². The van der Waals surface area contributed by atoms with Gasteiger partial charge in [0.05, 0.1) is 19.2 Å². The monoisotopic (exact) mass is 448 g/mol. The molecular weight excluding hydrogens is 420 g/mol. The molecule has 0 bridgehead atoms. The summed E-state index contributed by atoms with van der Waals surface area (Å²) in [5.74, 6) is 0.896. The smallest absolute Gasteiger partial charge is 0.273 e. The first kappa shape index (κ1) is 22.5. The average Bonchev–Trinajstić information content (AvgIpc) is 3.56. The molecule has 33 heavy (non-hydrogen) atoms. The molecule has 1 saturated carbocycles. The van der Waals surface area contributed by atoms with Crippen LogP contribution in [0.3, 0.4) is 0 Å². The van der Waals surface area contributed by atoms with Gasteiger partial charge in [0.15, 0.2) is 11.5 Å². The molecule has 2 aromatic heterocycles. The fraction of sp³-hybridized carbons (Fsp3) is 0.360. The van der Waals surface area contributed by atoms with Gasteiger partial charge < -0.3 is 19.5 Å². The van der Waals surface area contributed by atoms with E-state index in [1.54, 1.807) is 37.7 Å². The lowest BCUT2D eigenvalue weighted by molar-refractivity contribution is 0.0643. The Morgan fingerprint density at radius 2 is 1.97 bits per heavy atom. The molecule has 172 valence electrons. The normalized spacial score (nSPS) is 13.6. The molecule has 3 aromatic rings. The minimum Gasteiger partial charge on any atom is -0.497 e. The number of ether oxygens (including phenoxy) is 1. The van der Waals surface area contributed by atoms with Gasteiger partial charge >= 0.3 is 0 Å². The lowest BCUT2D eigenvalue weighted by atomic mass is 10.1. The highest BCUT2D eigenvalue weighted by Gasteiger charge is 2.29. The lowest BCUT2D eigenvalue weighted by Gasteiger charge is -2.28. The molecule has 2 amide bonds. The highest BCUT2D eigenvalue weighted by atomic mass is 16.5. The predicted molar refractivity (Wildman–Crippen MR) is 122 cm³/mol. The molecule has 0 atom stereocenters. The van der Waals surface area contributed by atoms with Crippen LogP contribution in [0.4, 0.5) is 0 Å². The number of benzene rings is 1. The van der Waals surface area contributed by atoms with Crippen LogP contribution in [0, 0.1) is 0 Å². The van der Waals surface area contributed by atoms with Gasteiger partial charge in [-0.2, -0.15) is 0 Å². The van der Waals surface area contributed by atoms with Crippen molar-refractivity contribution in [2.75, 3.05) is 13.7 Å². The molecule has 0 spiro atoms. The SMILES string of the molecule is COc1ccc(CCNC(=O)c2cc(CN(C(=O)c3cccnc3)C3CCCC3)on2)cc1. The zero-order valence-electron chi connectivity index (χ0n) is 18.7. The highest BCUT2D eigenvalue weighted by Crippen LogP contribution is 2.26. The van der Waals surface area contributed by atoms with Crippen molar-refractivity contribution in [2.45, 2.75) is 44.7 Å². The Morgan fingerprint density at radius 1 is 1.18 bits per heavy atom. The molecule has 2 heterocycles. The summed E-state index contributed by atoms with van der Waals surface area (Å²) in [6.45, 7) is 0.742. The van der Waals surface area contributed by atoms with E-state index in [-0.39, 0.29) is 30.1 Å². The minimum atomic E-state index is -0.301. The molecule has 0 aliphatic heterocycles. The van der Waals surface area contributed by atoms with Crippen molar-refractivity contribution in [1.29, 1.82) is 0 Å². The summed E-state index contributed by atoms with van der Waals surface area (Å²) < 4.78 is 10.6. The quantitative estimate of drug-likeness (QED) is 0.537. The largest absolute Gasteiger partial charge is 0.497 e. The summed E-state index contributed by atoms with van der Waals surface area (Å²) in [5.41, 5.74) is 1.85. The first-order valence-electron chi connectivity index (χ1n) is 11.2. The predicted octanol–water partition coefficient (Wildman–Crippen LogP) is 3.64. The average molecular weight is 449 g/mol. The zero-order valence-corrected chi connectivity index (χ0v) is 18.7. The van der Waals surface area contributed by atoms with Gasteiger partial charge in [0.2, 0.25) is 0 Å². The van der Waals surface area contributed by atoms with Gasteiger partial charge in [-0.05, 0) is 49.1 Å². The van der Waals surface area contributed by atoms with E-state index in [9.17, 15) is 9.59 Å². The van der Waals surface area contributed by atoms with E-state index in [1.165, 1.54) is 0 Å². The van der Waals surface area contributed by atoms with Gasteiger partial charge in [-0.1, -0.05) is 30.1 Å². The van der Waals surface area contributed by atoms with Gasteiger partial charge in [0, 0.05) is 31.0 Å². The van der Waals surface area contributed by atoms with E-state index >= 15 is 0 Å². The summed E-state index contributed by atoms with van der Waals surface area (Å²) in [4.78, 5) is 31.5. The summed E-state index contributed by atoms with van der Waals surface area (Å²) in [6, 6.07) is 13.0. The molecule has 0 radical (unpaired) electrons. The summed E-state index contributed by atoms with van der Waals surface area (Å²) >= 11 is 0. The van der Waals surface area contributed by atoms with Crippen molar-refractivity contribution in [1.82, 2.24) is 20.4 Å². The van der Waals surface area contributed by atoms with Crippen LogP contribution in [0.15, 0.2) is 59.4 Å². The van der Waals surface area contributed by atoms with E-state index in [0.29, 0.717) is 24.3 Å². The first-order chi connectivity index (χ1) is 16.1. The summed E-state index contributed by atoms with van der Waals surface area (Å²) in [5, 5.41) is 6.79. The summed E-state index contributed by atoms with van der Waals surface area (Å²) in [7, 11) is 1.63. The maximum atomic E-state index is 13.1. The highest BCUT2D eigenvalue weighted by molar-refractivity contribution is 5.94. The van der Waals surface area contributed by atoms with E-state index in [1.807, 2.05) is 29.2 Å². The van der Waals surface area contributed by atoms with E-state index in [2.05, 4.69) is 15.5 Å². The van der Waals surface area contributed by atoms with E-state index < -0.39 is 0 Å². The Kier molecular flexibility index (Phi) is 7.34. The third-order valence-electron chi connectivity index (χ3n) is 5.91. The number of pyridine rings is 1. The fourth-order valence-electron chi connectivity index (χ4n) is 4.10. The van der Waals surface area contributed by atoms with Crippen LogP contribution in [-0.2, 0) is 13.0 Å². The fourth-order valence-corrected chi connectivity index (χ4v) is 4.10. The van der Waals surface area contributed by atoms with E-state index in [4.69, 9.17) is 9.26 Å². The number of aromatic nitrogens is 2. The van der Waals surface area contributed by atoms with Crippen molar-refractivity contribution in [2.24, 2.45) is 0 Å². The zero-order chi connectivity index (χ0) is 23.0. The van der Waals surface area contributed by atoms with Crippen molar-refractivity contribution in [3.63, 3.8) is 0 Å². The van der Waals surface area contributed by atoms with Gasteiger partial charge in [0.25, 0.3) is 11.8 Å². The number of carbonyl (C=O) groups is 2. The molecule has 8 heteroatoms. The van der Waals surface area contributed by atoms with Crippen LogP contribution >= 0.6 is 0 Å². The summed E-state index contributed by atoms with van der Waals surface area (Å²) in [6.07, 6.45) is 8.02. The van der Waals surface area contributed by atoms with Crippen LogP contribution < -0.4 is 10.1 Å². The maximum Gasteiger partial charge on any atom is 0.273 e. The number of amides is 2. The van der Waals surface area contributed by atoms with Crippen molar-refractivity contribution in [3.05, 3.63) is 77.4 Å². The Balaban J connectivity index is 1.36. The maximum absolute atomic E-state index is 13.1. The van der Waals surface area contributed by atoms with Crippen LogP contribution in [0.5, 0.6) is 5.75 Å². The van der Waals surface area contributed by atoms with Gasteiger partial charge in [-0.3, -0.25) is 14.6 Å². The number of methoxy groups -OCH3 is 1. The van der Waals surface area contributed by atoms with Crippen LogP contribution in [-0.4, -0.2) is 46.6 Å². The van der Waals surface area contributed by atoms with Crippen LogP contribution in [0.1, 0.15) is 57.9 Å². The number of rotatable bonds is 9. The number of nitrogens with one attached hydrogen (secondary N) is 1. The lowest BCUT2D eigenvalue weighted by Crippen LogP contribution is -2.38. The second-order valence-electron chi connectivity index (χ2n) is 8.15. The molecule has 1 aliphatic carbocycles. The van der Waals surface area contributed by atoms with Gasteiger partial charge in [-0.25, -0.2) is 0 Å². The third kappa shape index (κ3) is 5.77. The minimum absolute atomic E-state index is 0.0862. The molecule has 4 rings (SSSR count). The number of carbonyl (C=O) groups excluding carboxylic acids is 2. The van der Waals surface area contributed by atoms with Crippen molar-refractivity contribution < 1.29 is 18.8 Å². The van der Waals surface area contributed by atoms with E-state index in [0.717, 1.165) is 37.0 Å². The Hall–Kier alpha value is -3.68. The first-order valence-corrected chi connectivity index (χ1v) is 11.2. The molecule has 1 aliphatic rings.